The molecule has 0 atom stereocenters. The minimum atomic E-state index is -1.73. The number of amides is 1. The summed E-state index contributed by atoms with van der Waals surface area (Å²) >= 11 is 5.53. The first-order chi connectivity index (χ1) is 7.41. The molecule has 2 N–H and O–H groups in total. The summed E-state index contributed by atoms with van der Waals surface area (Å²) in [6.45, 7) is 0. The zero-order valence-corrected chi connectivity index (χ0v) is 11.4. The molecule has 0 heterocycles. The zero-order chi connectivity index (χ0) is 12.3. The number of carboxylic acid groups (broad SMARTS) is 1. The normalized spacial score (nSPS) is 9.00. The first-order valence-corrected chi connectivity index (χ1v) is 4.28. The van der Waals surface area contributed by atoms with Crippen molar-refractivity contribution >= 4 is 34.9 Å². The van der Waals surface area contributed by atoms with Gasteiger partial charge in [0.2, 0.25) is 0 Å². The van der Waals surface area contributed by atoms with Gasteiger partial charge in [0.05, 0.1) is 4.92 Å². The molecule has 0 aliphatic rings. The minimum absolute atomic E-state index is 0. The molecule has 9 heteroatoms. The monoisotopic (exact) mass is 267 g/mol. The summed E-state index contributed by atoms with van der Waals surface area (Å²) in [5.41, 5.74) is -0.691. The van der Waals surface area contributed by atoms with Gasteiger partial charge in [-0.3, -0.25) is 14.9 Å². The Labute approximate surface area is 122 Å². The van der Waals surface area contributed by atoms with Crippen LogP contribution >= 0.6 is 11.6 Å². The molecule has 17 heavy (non-hydrogen) atoms. The summed E-state index contributed by atoms with van der Waals surface area (Å²) < 4.78 is 0. The van der Waals surface area contributed by atoms with Gasteiger partial charge in [0.15, 0.2) is 0 Å². The first kappa shape index (κ1) is 15.9. The molecular weight excluding hydrogens is 263 g/mol. The molecule has 0 radical (unpaired) electrons. The molecular formula is C8H5ClN2NaO5+. The number of aliphatic carboxylic acids is 1. The number of hydrogen-bond acceptors (Lipinski definition) is 4. The van der Waals surface area contributed by atoms with Crippen molar-refractivity contribution in [1.82, 2.24) is 0 Å². The molecule has 0 aliphatic heterocycles. The van der Waals surface area contributed by atoms with Gasteiger partial charge in [0.1, 0.15) is 5.69 Å². The molecule has 1 aromatic rings. The maximum absolute atomic E-state index is 10.8. The maximum atomic E-state index is 10.8. The maximum Gasteiger partial charge on any atom is 1.00 e. The Kier molecular flexibility index (Phi) is 6.11. The number of carbonyl (C=O) groups excluding carboxylic acids is 1. The number of nitro groups is 1. The molecule has 0 saturated heterocycles. The standard InChI is InChI=1S/C8H5ClN2O5.Na/c9-4-1-2-5(6(3-4)11(15)16)10-7(12)8(13)14;/h1-3H,(H,10,12)(H,13,14);/q;+1. The van der Waals surface area contributed by atoms with Gasteiger partial charge < -0.3 is 10.4 Å². The summed E-state index contributed by atoms with van der Waals surface area (Å²) in [5, 5.41) is 20.9. The van der Waals surface area contributed by atoms with E-state index >= 15 is 0 Å². The van der Waals surface area contributed by atoms with E-state index in [0.717, 1.165) is 12.1 Å². The van der Waals surface area contributed by atoms with Crippen LogP contribution in [0.25, 0.3) is 0 Å². The quantitative estimate of drug-likeness (QED) is 0.287. The predicted octanol–water partition coefficient (Wildman–Crippen LogP) is -1.72. The smallest absolute Gasteiger partial charge is 0.474 e. The van der Waals surface area contributed by atoms with Crippen molar-refractivity contribution in [3.63, 3.8) is 0 Å². The molecule has 0 spiro atoms. The van der Waals surface area contributed by atoms with Crippen LogP contribution in [0.4, 0.5) is 11.4 Å². The SMILES string of the molecule is O=C(O)C(=O)Nc1ccc(Cl)cc1[N+](=O)[O-].[Na+]. The van der Waals surface area contributed by atoms with Gasteiger partial charge in [-0.15, -0.1) is 0 Å². The number of hydrogen-bond donors (Lipinski definition) is 2. The summed E-state index contributed by atoms with van der Waals surface area (Å²) in [4.78, 5) is 30.8. The van der Waals surface area contributed by atoms with Crippen LogP contribution in [0.5, 0.6) is 0 Å². The minimum Gasteiger partial charge on any atom is -0.474 e. The second kappa shape index (κ2) is 6.55. The van der Waals surface area contributed by atoms with Crippen LogP contribution in [-0.2, 0) is 9.59 Å². The van der Waals surface area contributed by atoms with Crippen LogP contribution in [0.3, 0.4) is 0 Å². The fourth-order valence-corrected chi connectivity index (χ4v) is 1.10. The molecule has 7 nitrogen and oxygen atoms in total. The topological polar surface area (TPSA) is 110 Å². The van der Waals surface area contributed by atoms with E-state index in [1.54, 1.807) is 0 Å². The molecule has 1 rings (SSSR count). The Hall–Kier alpha value is -1.15. The number of carbonyl (C=O) groups is 2. The Morgan fingerprint density at radius 2 is 2.00 bits per heavy atom. The van der Waals surface area contributed by atoms with Crippen molar-refractivity contribution in [3.05, 3.63) is 33.3 Å². The first-order valence-electron chi connectivity index (χ1n) is 3.90. The van der Waals surface area contributed by atoms with Crippen molar-refractivity contribution in [3.8, 4) is 0 Å². The van der Waals surface area contributed by atoms with Gasteiger partial charge in [-0.2, -0.15) is 0 Å². The van der Waals surface area contributed by atoms with Crippen LogP contribution in [0, 0.1) is 10.1 Å². The van der Waals surface area contributed by atoms with E-state index in [1.165, 1.54) is 6.07 Å². The van der Waals surface area contributed by atoms with Crippen LogP contribution in [0.15, 0.2) is 18.2 Å². The number of rotatable bonds is 2. The Morgan fingerprint density at radius 3 is 2.47 bits per heavy atom. The summed E-state index contributed by atoms with van der Waals surface area (Å²) in [7, 11) is 0. The van der Waals surface area contributed by atoms with Crippen molar-refractivity contribution in [2.24, 2.45) is 0 Å². The number of benzene rings is 1. The number of nitrogens with zero attached hydrogens (tertiary/aromatic N) is 1. The van der Waals surface area contributed by atoms with Crippen molar-refractivity contribution < 1.29 is 49.2 Å². The zero-order valence-electron chi connectivity index (χ0n) is 8.64. The van der Waals surface area contributed by atoms with Gasteiger partial charge in [-0.1, -0.05) is 11.6 Å². The van der Waals surface area contributed by atoms with E-state index in [-0.39, 0.29) is 40.3 Å². The molecule has 84 valence electrons. The fraction of sp³-hybridized carbons (Fsp3) is 0. The average molecular weight is 268 g/mol. The average Bonchev–Trinajstić information content (AvgIpc) is 2.20. The number of nitrogens with one attached hydrogen (secondary N) is 1. The third-order valence-corrected chi connectivity index (χ3v) is 1.83. The van der Waals surface area contributed by atoms with E-state index in [2.05, 4.69) is 0 Å². The summed E-state index contributed by atoms with van der Waals surface area (Å²) in [6, 6.07) is 3.46. The van der Waals surface area contributed by atoms with Gasteiger partial charge in [0, 0.05) is 11.1 Å². The summed E-state index contributed by atoms with van der Waals surface area (Å²) in [5.74, 6) is -3.09. The third kappa shape index (κ3) is 4.31. The second-order valence-electron chi connectivity index (χ2n) is 2.68. The van der Waals surface area contributed by atoms with E-state index in [9.17, 15) is 19.7 Å². The van der Waals surface area contributed by atoms with Gasteiger partial charge in [-0.25, -0.2) is 4.79 Å². The van der Waals surface area contributed by atoms with Gasteiger partial charge in [-0.05, 0) is 12.1 Å². The van der Waals surface area contributed by atoms with Crippen LogP contribution in [0.2, 0.25) is 5.02 Å². The molecule has 0 unspecified atom stereocenters. The van der Waals surface area contributed by atoms with Crippen LogP contribution < -0.4 is 34.9 Å². The molecule has 0 aliphatic carbocycles. The number of anilines is 1. The molecule has 0 bridgehead atoms. The molecule has 1 amide bonds. The molecule has 0 fully saturated rings. The largest absolute Gasteiger partial charge is 1.00 e. The second-order valence-corrected chi connectivity index (χ2v) is 3.11. The Balaban J connectivity index is 0.00000256. The van der Waals surface area contributed by atoms with E-state index in [1.807, 2.05) is 5.32 Å². The van der Waals surface area contributed by atoms with E-state index < -0.39 is 22.5 Å². The number of carboxylic acids is 1. The summed E-state index contributed by atoms with van der Waals surface area (Å²) in [6.07, 6.45) is 0. The van der Waals surface area contributed by atoms with Crippen molar-refractivity contribution in [1.29, 1.82) is 0 Å². The third-order valence-electron chi connectivity index (χ3n) is 1.60. The Bertz CT molecular complexity index is 479. The Morgan fingerprint density at radius 1 is 1.41 bits per heavy atom. The van der Waals surface area contributed by atoms with Crippen molar-refractivity contribution in [2.75, 3.05) is 5.32 Å². The van der Waals surface area contributed by atoms with E-state index in [0.29, 0.717) is 0 Å². The fourth-order valence-electron chi connectivity index (χ4n) is 0.937. The molecule has 0 aromatic heterocycles. The number of halogens is 1. The van der Waals surface area contributed by atoms with E-state index in [4.69, 9.17) is 16.7 Å². The van der Waals surface area contributed by atoms with Crippen molar-refractivity contribution in [2.45, 2.75) is 0 Å². The van der Waals surface area contributed by atoms with Gasteiger partial charge >= 0.3 is 41.4 Å². The molecule has 1 aromatic carbocycles. The van der Waals surface area contributed by atoms with Crippen LogP contribution in [0.1, 0.15) is 0 Å². The number of nitro benzene ring substituents is 1. The predicted molar refractivity (Wildman–Crippen MR) is 54.4 cm³/mol. The van der Waals surface area contributed by atoms with Gasteiger partial charge in [0.25, 0.3) is 5.69 Å². The molecule has 0 saturated carbocycles. The van der Waals surface area contributed by atoms with Crippen LogP contribution in [-0.4, -0.2) is 21.9 Å².